The van der Waals surface area contributed by atoms with Crippen molar-refractivity contribution in [3.05, 3.63) is 70.3 Å². The number of amides is 2. The van der Waals surface area contributed by atoms with Crippen LogP contribution in [0.2, 0.25) is 0 Å². The first-order valence-electron chi connectivity index (χ1n) is 14.4. The first-order valence-corrected chi connectivity index (χ1v) is 14.4. The molecule has 0 aliphatic carbocycles. The lowest BCUT2D eigenvalue weighted by Gasteiger charge is -2.29. The summed E-state index contributed by atoms with van der Waals surface area (Å²) in [4.78, 5) is 40.4. The van der Waals surface area contributed by atoms with Gasteiger partial charge in [-0.05, 0) is 49.1 Å². The van der Waals surface area contributed by atoms with Gasteiger partial charge in [0.05, 0.1) is 23.4 Å². The molecule has 2 aliphatic heterocycles. The van der Waals surface area contributed by atoms with Gasteiger partial charge in [0.25, 0.3) is 5.91 Å². The lowest BCUT2D eigenvalue weighted by atomic mass is 10.00. The van der Waals surface area contributed by atoms with Crippen LogP contribution in [0.3, 0.4) is 0 Å². The van der Waals surface area contributed by atoms with Gasteiger partial charge in [0.1, 0.15) is 5.56 Å². The third kappa shape index (κ3) is 7.15. The highest BCUT2D eigenvalue weighted by Crippen LogP contribution is 2.38. The average Bonchev–Trinajstić information content (AvgIpc) is 3.23. The summed E-state index contributed by atoms with van der Waals surface area (Å²) in [6.45, 7) is 4.91. The molecule has 0 saturated carbocycles. The molecule has 14 heteroatoms. The van der Waals surface area contributed by atoms with Crippen LogP contribution in [0.4, 0.5) is 32.3 Å². The van der Waals surface area contributed by atoms with Crippen LogP contribution in [0.5, 0.6) is 5.88 Å². The van der Waals surface area contributed by atoms with Gasteiger partial charge >= 0.3 is 12.4 Å². The molecule has 0 atom stereocenters. The van der Waals surface area contributed by atoms with E-state index < -0.39 is 35.9 Å². The fraction of sp³-hybridized carbons (Fsp3) is 0.419. The predicted octanol–water partition coefficient (Wildman–Crippen LogP) is 5.97. The normalized spacial score (nSPS) is 16.4. The summed E-state index contributed by atoms with van der Waals surface area (Å²) in [7, 11) is 0. The van der Waals surface area contributed by atoms with Crippen LogP contribution >= 0.6 is 0 Å². The molecule has 3 heterocycles. The van der Waals surface area contributed by atoms with Crippen LogP contribution in [0.25, 0.3) is 11.3 Å². The summed E-state index contributed by atoms with van der Waals surface area (Å²) in [5.41, 5.74) is -1.66. The molecule has 1 saturated heterocycles. The van der Waals surface area contributed by atoms with Gasteiger partial charge in [-0.3, -0.25) is 9.59 Å². The van der Waals surface area contributed by atoms with Crippen LogP contribution in [-0.4, -0.2) is 70.9 Å². The van der Waals surface area contributed by atoms with Crippen LogP contribution in [0, 0.1) is 6.92 Å². The Labute approximate surface area is 255 Å². The van der Waals surface area contributed by atoms with Crippen molar-refractivity contribution >= 4 is 17.8 Å². The summed E-state index contributed by atoms with van der Waals surface area (Å²) in [5, 5.41) is 0. The molecule has 240 valence electrons. The summed E-state index contributed by atoms with van der Waals surface area (Å²) in [6.07, 6.45) is -9.13. The third-order valence-corrected chi connectivity index (χ3v) is 7.82. The number of ether oxygens (including phenoxy) is 1. The van der Waals surface area contributed by atoms with E-state index in [9.17, 15) is 35.9 Å². The van der Waals surface area contributed by atoms with Gasteiger partial charge in [0.15, 0.2) is 0 Å². The Morgan fingerprint density at radius 3 is 2.22 bits per heavy atom. The Morgan fingerprint density at radius 1 is 0.889 bits per heavy atom. The number of anilines is 1. The van der Waals surface area contributed by atoms with Gasteiger partial charge in [-0.1, -0.05) is 24.3 Å². The number of halogens is 6. The van der Waals surface area contributed by atoms with Crippen LogP contribution < -0.4 is 9.64 Å². The monoisotopic (exact) mass is 635 g/mol. The number of fused-ring (bicyclic) bond motifs is 1. The van der Waals surface area contributed by atoms with Crippen molar-refractivity contribution in [3.63, 3.8) is 0 Å². The number of nitrogens with zero attached hydrogens (tertiary/aromatic N) is 5. The van der Waals surface area contributed by atoms with E-state index in [0.717, 1.165) is 5.56 Å². The zero-order valence-electron chi connectivity index (χ0n) is 24.6. The minimum atomic E-state index is -5.02. The summed E-state index contributed by atoms with van der Waals surface area (Å²) in [6, 6.07) is 8.49. The van der Waals surface area contributed by atoms with Crippen molar-refractivity contribution in [3.8, 4) is 17.1 Å². The Morgan fingerprint density at radius 2 is 1.58 bits per heavy atom. The Kier molecular flexibility index (Phi) is 8.95. The smallest absolute Gasteiger partial charge is 0.416 e. The fourth-order valence-corrected chi connectivity index (χ4v) is 5.50. The van der Waals surface area contributed by atoms with Gasteiger partial charge < -0.3 is 19.4 Å². The summed E-state index contributed by atoms with van der Waals surface area (Å²) in [5.74, 6) is -0.474. The number of alkyl halides is 6. The second-order valence-corrected chi connectivity index (χ2v) is 11.1. The number of benzene rings is 2. The van der Waals surface area contributed by atoms with Gasteiger partial charge in [-0.15, -0.1) is 0 Å². The molecule has 0 N–H and O–H groups in total. The molecule has 1 fully saturated rings. The maximum absolute atomic E-state index is 14.2. The summed E-state index contributed by atoms with van der Waals surface area (Å²) < 4.78 is 87.3. The van der Waals surface area contributed by atoms with Gasteiger partial charge in [0, 0.05) is 51.8 Å². The average molecular weight is 636 g/mol. The molecule has 3 aromatic rings. The lowest BCUT2D eigenvalue weighted by molar-refractivity contribution is -0.143. The van der Waals surface area contributed by atoms with E-state index in [2.05, 4.69) is 4.98 Å². The van der Waals surface area contributed by atoms with Crippen LogP contribution in [0.15, 0.2) is 42.5 Å². The van der Waals surface area contributed by atoms with Gasteiger partial charge in [-0.2, -0.15) is 31.3 Å². The molecule has 0 unspecified atom stereocenters. The molecular weight excluding hydrogens is 604 g/mol. The second-order valence-electron chi connectivity index (χ2n) is 11.1. The van der Waals surface area contributed by atoms with Crippen molar-refractivity contribution < 1.29 is 40.7 Å². The number of rotatable bonds is 4. The molecule has 2 amide bonds. The van der Waals surface area contributed by atoms with Crippen molar-refractivity contribution in [2.75, 3.05) is 44.2 Å². The molecule has 2 aromatic carbocycles. The highest BCUT2D eigenvalue weighted by atomic mass is 19.4. The van der Waals surface area contributed by atoms with E-state index in [4.69, 9.17) is 9.72 Å². The van der Waals surface area contributed by atoms with E-state index in [0.29, 0.717) is 50.3 Å². The van der Waals surface area contributed by atoms with Crippen LogP contribution in [-0.2, 0) is 23.7 Å². The first kappa shape index (κ1) is 32.0. The molecule has 5 rings (SSSR count). The molecule has 2 aliphatic rings. The Hall–Kier alpha value is -4.36. The maximum atomic E-state index is 14.2. The van der Waals surface area contributed by atoms with E-state index >= 15 is 0 Å². The van der Waals surface area contributed by atoms with Gasteiger partial charge in [0.2, 0.25) is 17.7 Å². The number of aromatic nitrogens is 2. The van der Waals surface area contributed by atoms with Crippen molar-refractivity contribution in [1.29, 1.82) is 0 Å². The number of carbonyl (C=O) groups excluding carboxylic acids is 2. The lowest BCUT2D eigenvalue weighted by Crippen LogP contribution is -2.36. The number of carbonyl (C=O) groups is 2. The fourth-order valence-electron chi connectivity index (χ4n) is 5.50. The quantitative estimate of drug-likeness (QED) is 0.329. The van der Waals surface area contributed by atoms with Crippen LogP contribution in [0.1, 0.15) is 52.4 Å². The molecule has 8 nitrogen and oxygen atoms in total. The first-order chi connectivity index (χ1) is 21.2. The highest BCUT2D eigenvalue weighted by molar-refractivity contribution is 6.02. The highest BCUT2D eigenvalue weighted by Gasteiger charge is 2.38. The molecular formula is C31H31F6N5O3. The predicted molar refractivity (Wildman–Crippen MR) is 153 cm³/mol. The maximum Gasteiger partial charge on any atom is 0.416 e. The summed E-state index contributed by atoms with van der Waals surface area (Å²) >= 11 is 0. The molecule has 45 heavy (non-hydrogen) atoms. The Balaban J connectivity index is 1.59. The molecule has 0 bridgehead atoms. The number of aryl methyl sites for hydroxylation is 1. The van der Waals surface area contributed by atoms with Crippen molar-refractivity contribution in [2.45, 2.75) is 45.6 Å². The largest absolute Gasteiger partial charge is 0.477 e. The van der Waals surface area contributed by atoms with Gasteiger partial charge in [-0.25, -0.2) is 4.98 Å². The van der Waals surface area contributed by atoms with E-state index in [1.54, 1.807) is 17.0 Å². The molecule has 1 aromatic heterocycles. The number of hydrogen-bond donors (Lipinski definition) is 0. The van der Waals surface area contributed by atoms with E-state index in [1.807, 2.05) is 24.0 Å². The SMILES string of the molecule is CC(=O)N1CCCN(c2nc3c(c(-c4ccccc4C)n2)C(=O)N(Cc2cc(C(F)(F)F)cc(C(F)(F)F)c2)CCCO3)CC1. The van der Waals surface area contributed by atoms with E-state index in [1.165, 1.54) is 11.8 Å². The van der Waals surface area contributed by atoms with Crippen molar-refractivity contribution in [2.24, 2.45) is 0 Å². The third-order valence-electron chi connectivity index (χ3n) is 7.82. The van der Waals surface area contributed by atoms with Crippen molar-refractivity contribution in [1.82, 2.24) is 19.8 Å². The minimum absolute atomic E-state index is 0.0117. The zero-order chi connectivity index (χ0) is 32.5. The second kappa shape index (κ2) is 12.6. The minimum Gasteiger partial charge on any atom is -0.477 e. The number of hydrogen-bond acceptors (Lipinski definition) is 6. The molecule has 0 radical (unpaired) electrons. The van der Waals surface area contributed by atoms with E-state index in [-0.39, 0.29) is 60.2 Å². The Bertz CT molecular complexity index is 1560. The zero-order valence-corrected chi connectivity index (χ0v) is 24.6. The topological polar surface area (TPSA) is 78.9 Å². The standard InChI is InChI=1S/C31H31F6N5O3/c1-19-7-3-4-8-24(19)26-25-27(39-29(38-26)41-10-5-9-40(12-13-41)20(2)43)45-14-6-11-42(28(25)44)18-21-15-22(30(32,33)34)17-23(16-21)31(35,36)37/h3-4,7-8,15-17H,5-6,9-14,18H2,1-2H3. The molecule has 0 spiro atoms.